The average molecular weight is 101 g/mol. The maximum absolute atomic E-state index is 5.32. The molecule has 0 aromatic heterocycles. The molecule has 1 aliphatic heterocycles. The molecule has 0 amide bonds. The van der Waals surface area contributed by atoms with Crippen LogP contribution in [0.5, 0.6) is 0 Å². The van der Waals surface area contributed by atoms with E-state index in [4.69, 9.17) is 5.73 Å². The van der Waals surface area contributed by atoms with E-state index in [1.165, 1.54) is 0 Å². The Labute approximate surface area is 43.5 Å². The zero-order valence-electron chi connectivity index (χ0n) is 4.35. The second kappa shape index (κ2) is 2.26. The van der Waals surface area contributed by atoms with E-state index < -0.39 is 0 Å². The lowest BCUT2D eigenvalue weighted by Crippen LogP contribution is -2.28. The van der Waals surface area contributed by atoms with Gasteiger partial charge in [-0.25, -0.2) is 0 Å². The van der Waals surface area contributed by atoms with Crippen molar-refractivity contribution in [3.63, 3.8) is 0 Å². The lowest BCUT2D eigenvalue weighted by molar-refractivity contribution is 0.346. The van der Waals surface area contributed by atoms with Gasteiger partial charge in [0, 0.05) is 26.4 Å². The molecule has 42 valence electrons. The fourth-order valence-corrected chi connectivity index (χ4v) is 0.709. The zero-order chi connectivity index (χ0) is 5.11. The summed E-state index contributed by atoms with van der Waals surface area (Å²) in [4.78, 5) is 2.15. The molecule has 0 saturated carbocycles. The molecule has 3 nitrogen and oxygen atoms in total. The maximum Gasteiger partial charge on any atom is 0.0493 e. The van der Waals surface area contributed by atoms with Crippen LogP contribution >= 0.6 is 0 Å². The van der Waals surface area contributed by atoms with Crippen LogP contribution in [0.15, 0.2) is 0 Å². The normalized spacial score (nSPS) is 23.6. The summed E-state index contributed by atoms with van der Waals surface area (Å²) in [5.41, 5.74) is 5.32. The van der Waals surface area contributed by atoms with Crippen LogP contribution in [0.4, 0.5) is 0 Å². The van der Waals surface area contributed by atoms with Crippen molar-refractivity contribution >= 4 is 0 Å². The Kier molecular flexibility index (Phi) is 1.62. The Balaban J connectivity index is 2.14. The number of nitrogens with two attached hydrogens (primary N) is 1. The monoisotopic (exact) mass is 101 g/mol. The first-order valence-electron chi connectivity index (χ1n) is 2.56. The number of hydrogen-bond donors (Lipinski definition) is 2. The van der Waals surface area contributed by atoms with Crippen LogP contribution in [0, 0.1) is 0 Å². The highest BCUT2D eigenvalue weighted by Crippen LogP contribution is 1.85. The lowest BCUT2D eigenvalue weighted by atomic mass is 10.6. The average Bonchev–Trinajstić information content (AvgIpc) is 2.14. The molecule has 3 N–H and O–H groups in total. The molecule has 0 aliphatic carbocycles. The molecule has 0 bridgehead atoms. The van der Waals surface area contributed by atoms with E-state index in [2.05, 4.69) is 10.2 Å². The van der Waals surface area contributed by atoms with Gasteiger partial charge in [-0.05, 0) is 0 Å². The first kappa shape index (κ1) is 5.03. The van der Waals surface area contributed by atoms with E-state index in [1.54, 1.807) is 0 Å². The minimum absolute atomic E-state index is 0.688. The summed E-state index contributed by atoms with van der Waals surface area (Å²) in [7, 11) is 0. The van der Waals surface area contributed by atoms with Crippen molar-refractivity contribution in [3.8, 4) is 0 Å². The Hall–Kier alpha value is -0.120. The van der Waals surface area contributed by atoms with Gasteiger partial charge in [0.25, 0.3) is 0 Å². The molecule has 0 unspecified atom stereocenters. The van der Waals surface area contributed by atoms with Crippen molar-refractivity contribution < 1.29 is 0 Å². The summed E-state index contributed by atoms with van der Waals surface area (Å²) >= 11 is 0. The van der Waals surface area contributed by atoms with Crippen molar-refractivity contribution in [2.45, 2.75) is 0 Å². The van der Waals surface area contributed by atoms with E-state index in [-0.39, 0.29) is 0 Å². The van der Waals surface area contributed by atoms with Gasteiger partial charge < -0.3 is 11.1 Å². The second-order valence-electron chi connectivity index (χ2n) is 1.74. The smallest absolute Gasteiger partial charge is 0.0493 e. The fourth-order valence-electron chi connectivity index (χ4n) is 0.709. The number of rotatable bonds is 1. The molecule has 3 heteroatoms. The number of nitrogens with one attached hydrogen (secondary N) is 1. The van der Waals surface area contributed by atoms with E-state index >= 15 is 0 Å². The Morgan fingerprint density at radius 1 is 1.71 bits per heavy atom. The van der Waals surface area contributed by atoms with Gasteiger partial charge in [0.2, 0.25) is 0 Å². The molecule has 0 atom stereocenters. The van der Waals surface area contributed by atoms with Crippen molar-refractivity contribution in [3.05, 3.63) is 0 Å². The topological polar surface area (TPSA) is 41.3 Å². The summed E-state index contributed by atoms with van der Waals surface area (Å²) < 4.78 is 0. The van der Waals surface area contributed by atoms with Crippen molar-refractivity contribution in [1.82, 2.24) is 10.2 Å². The van der Waals surface area contributed by atoms with Crippen LogP contribution in [-0.4, -0.2) is 31.3 Å². The highest BCUT2D eigenvalue weighted by molar-refractivity contribution is 4.62. The molecule has 0 spiro atoms. The van der Waals surface area contributed by atoms with E-state index in [9.17, 15) is 0 Å². The van der Waals surface area contributed by atoms with Gasteiger partial charge in [-0.1, -0.05) is 0 Å². The van der Waals surface area contributed by atoms with Crippen molar-refractivity contribution in [2.24, 2.45) is 5.73 Å². The van der Waals surface area contributed by atoms with Gasteiger partial charge in [-0.3, -0.25) is 4.90 Å². The van der Waals surface area contributed by atoms with Gasteiger partial charge >= 0.3 is 0 Å². The standard InChI is InChI=1S/C4H11N3/c5-3-7-2-1-6-4-7/h6H,1-5H2. The molecule has 0 aromatic rings. The molecular formula is C4H11N3. The molecule has 1 fully saturated rings. The van der Waals surface area contributed by atoms with Gasteiger partial charge in [0.15, 0.2) is 0 Å². The highest BCUT2D eigenvalue weighted by atomic mass is 15.3. The Morgan fingerprint density at radius 2 is 2.57 bits per heavy atom. The van der Waals surface area contributed by atoms with Crippen molar-refractivity contribution in [2.75, 3.05) is 26.4 Å². The Morgan fingerprint density at radius 3 is 2.86 bits per heavy atom. The first-order chi connectivity index (χ1) is 3.43. The third-order valence-electron chi connectivity index (χ3n) is 1.20. The largest absolute Gasteiger partial charge is 0.318 e. The predicted molar refractivity (Wildman–Crippen MR) is 28.6 cm³/mol. The summed E-state index contributed by atoms with van der Waals surface area (Å²) in [5.74, 6) is 0. The summed E-state index contributed by atoms with van der Waals surface area (Å²) in [6.45, 7) is 3.86. The number of hydrogen-bond acceptors (Lipinski definition) is 3. The second-order valence-corrected chi connectivity index (χ2v) is 1.74. The third kappa shape index (κ3) is 1.12. The molecule has 1 aliphatic rings. The van der Waals surface area contributed by atoms with Crippen LogP contribution in [-0.2, 0) is 0 Å². The van der Waals surface area contributed by atoms with Crippen molar-refractivity contribution in [1.29, 1.82) is 0 Å². The molecule has 1 rings (SSSR count). The van der Waals surface area contributed by atoms with Crippen LogP contribution in [0.1, 0.15) is 0 Å². The zero-order valence-corrected chi connectivity index (χ0v) is 4.35. The molecular weight excluding hydrogens is 90.1 g/mol. The van der Waals surface area contributed by atoms with Crippen LogP contribution in [0.2, 0.25) is 0 Å². The first-order valence-corrected chi connectivity index (χ1v) is 2.56. The van der Waals surface area contributed by atoms with E-state index in [1.807, 2.05) is 0 Å². The van der Waals surface area contributed by atoms with Gasteiger partial charge in [0.1, 0.15) is 0 Å². The van der Waals surface area contributed by atoms with Crippen LogP contribution in [0.3, 0.4) is 0 Å². The molecule has 1 heterocycles. The third-order valence-corrected chi connectivity index (χ3v) is 1.20. The summed E-state index contributed by atoms with van der Waals surface area (Å²) in [6.07, 6.45) is 0. The number of nitrogens with zero attached hydrogens (tertiary/aromatic N) is 1. The van der Waals surface area contributed by atoms with Gasteiger partial charge in [-0.2, -0.15) is 0 Å². The van der Waals surface area contributed by atoms with Gasteiger partial charge in [0.05, 0.1) is 0 Å². The fraction of sp³-hybridized carbons (Fsp3) is 1.00. The SMILES string of the molecule is NCN1CCNC1. The minimum Gasteiger partial charge on any atom is -0.318 e. The maximum atomic E-state index is 5.32. The molecule has 0 aromatic carbocycles. The van der Waals surface area contributed by atoms with Gasteiger partial charge in [-0.15, -0.1) is 0 Å². The summed E-state index contributed by atoms with van der Waals surface area (Å²) in [5, 5.41) is 3.17. The predicted octanol–water partition coefficient (Wildman–Crippen LogP) is -1.23. The Bertz CT molecular complexity index is 48.9. The van der Waals surface area contributed by atoms with E-state index in [0.29, 0.717) is 6.67 Å². The minimum atomic E-state index is 0.688. The molecule has 7 heavy (non-hydrogen) atoms. The molecule has 1 saturated heterocycles. The summed E-state index contributed by atoms with van der Waals surface area (Å²) in [6, 6.07) is 0. The quantitative estimate of drug-likeness (QED) is 0.434. The van der Waals surface area contributed by atoms with Crippen LogP contribution < -0.4 is 11.1 Å². The van der Waals surface area contributed by atoms with E-state index in [0.717, 1.165) is 19.8 Å². The highest BCUT2D eigenvalue weighted by Gasteiger charge is 2.05. The lowest BCUT2D eigenvalue weighted by Gasteiger charge is -2.07. The molecule has 0 radical (unpaired) electrons. The van der Waals surface area contributed by atoms with Crippen LogP contribution in [0.25, 0.3) is 0 Å².